The van der Waals surface area contributed by atoms with Gasteiger partial charge in [-0.05, 0) is 32.1 Å². The molecule has 0 saturated carbocycles. The number of pyridine rings is 1. The van der Waals surface area contributed by atoms with Gasteiger partial charge in [-0.1, -0.05) is 24.8 Å². The van der Waals surface area contributed by atoms with Gasteiger partial charge in [-0.3, -0.25) is 4.79 Å². The molecule has 1 amide bonds. The van der Waals surface area contributed by atoms with Crippen molar-refractivity contribution in [2.75, 3.05) is 13.2 Å². The van der Waals surface area contributed by atoms with Crippen LogP contribution in [0.2, 0.25) is 0 Å². The molecule has 0 aliphatic rings. The third-order valence-electron chi connectivity index (χ3n) is 4.32. The fourth-order valence-electron chi connectivity index (χ4n) is 2.75. The summed E-state index contributed by atoms with van der Waals surface area (Å²) in [4.78, 5) is 18.3. The Balaban J connectivity index is 2.11. The van der Waals surface area contributed by atoms with E-state index in [0.29, 0.717) is 23.9 Å². The van der Waals surface area contributed by atoms with Crippen LogP contribution >= 0.6 is 0 Å². The Kier molecular flexibility index (Phi) is 7.14. The highest BCUT2D eigenvalue weighted by molar-refractivity contribution is 6.13. The predicted octanol–water partition coefficient (Wildman–Crippen LogP) is 4.58. The van der Waals surface area contributed by atoms with E-state index in [1.165, 1.54) is 6.08 Å². The van der Waals surface area contributed by atoms with Crippen LogP contribution < -0.4 is 4.74 Å². The van der Waals surface area contributed by atoms with E-state index in [-0.39, 0.29) is 30.1 Å². The van der Waals surface area contributed by atoms with Crippen LogP contribution in [-0.4, -0.2) is 40.7 Å². The quantitative estimate of drug-likeness (QED) is 0.654. The monoisotopic (exact) mass is 405 g/mol. The second-order valence-corrected chi connectivity index (χ2v) is 6.30. The third-order valence-corrected chi connectivity index (χ3v) is 4.32. The van der Waals surface area contributed by atoms with Crippen LogP contribution in [0.25, 0.3) is 0 Å². The SMILES string of the molecule is C=CC(=N)c1ccccc1C(=O)N(CC)[C@@H](C)COc1ccc(C(F)(F)F)cn1. The molecule has 0 bridgehead atoms. The van der Waals surface area contributed by atoms with E-state index in [0.717, 1.165) is 12.1 Å². The lowest BCUT2D eigenvalue weighted by Crippen LogP contribution is -2.42. The van der Waals surface area contributed by atoms with E-state index in [4.69, 9.17) is 10.1 Å². The number of rotatable bonds is 8. The largest absolute Gasteiger partial charge is 0.475 e. The van der Waals surface area contributed by atoms with Crippen molar-refractivity contribution in [2.24, 2.45) is 0 Å². The maximum atomic E-state index is 13.0. The Morgan fingerprint density at radius 3 is 2.45 bits per heavy atom. The molecule has 0 aliphatic heterocycles. The van der Waals surface area contributed by atoms with Gasteiger partial charge in [0.1, 0.15) is 6.61 Å². The van der Waals surface area contributed by atoms with Crippen LogP contribution in [-0.2, 0) is 6.18 Å². The summed E-state index contributed by atoms with van der Waals surface area (Å²) in [6.45, 7) is 7.60. The average molecular weight is 405 g/mol. The molecule has 0 saturated heterocycles. The fourth-order valence-corrected chi connectivity index (χ4v) is 2.75. The number of likely N-dealkylation sites (N-methyl/N-ethyl adjacent to an activating group) is 1. The molecule has 0 radical (unpaired) electrons. The minimum atomic E-state index is -4.46. The predicted molar refractivity (Wildman–Crippen MR) is 104 cm³/mol. The van der Waals surface area contributed by atoms with E-state index in [1.54, 1.807) is 36.1 Å². The summed E-state index contributed by atoms with van der Waals surface area (Å²) in [6.07, 6.45) is -2.39. The van der Waals surface area contributed by atoms with E-state index >= 15 is 0 Å². The summed E-state index contributed by atoms with van der Waals surface area (Å²) in [5, 5.41) is 7.97. The molecule has 2 aromatic rings. The van der Waals surface area contributed by atoms with Crippen LogP contribution in [0.5, 0.6) is 5.88 Å². The lowest BCUT2D eigenvalue weighted by atomic mass is 10.0. The van der Waals surface area contributed by atoms with E-state index in [2.05, 4.69) is 11.6 Å². The van der Waals surface area contributed by atoms with E-state index in [9.17, 15) is 18.0 Å². The van der Waals surface area contributed by atoms with Gasteiger partial charge in [0, 0.05) is 29.9 Å². The lowest BCUT2D eigenvalue weighted by Gasteiger charge is -2.28. The van der Waals surface area contributed by atoms with Gasteiger partial charge >= 0.3 is 6.18 Å². The molecule has 2 rings (SSSR count). The number of hydrogen-bond acceptors (Lipinski definition) is 4. The number of amides is 1. The number of carbonyl (C=O) groups is 1. The van der Waals surface area contributed by atoms with Crippen molar-refractivity contribution in [3.63, 3.8) is 0 Å². The van der Waals surface area contributed by atoms with Crippen molar-refractivity contribution in [3.8, 4) is 5.88 Å². The molecule has 0 unspecified atom stereocenters. The molecule has 154 valence electrons. The van der Waals surface area contributed by atoms with Gasteiger partial charge in [-0.25, -0.2) is 4.98 Å². The minimum absolute atomic E-state index is 0.0437. The van der Waals surface area contributed by atoms with Crippen molar-refractivity contribution >= 4 is 11.6 Å². The van der Waals surface area contributed by atoms with Crippen LogP contribution in [0.15, 0.2) is 55.3 Å². The first-order valence-electron chi connectivity index (χ1n) is 8.96. The summed E-state index contributed by atoms with van der Waals surface area (Å²) in [7, 11) is 0. The lowest BCUT2D eigenvalue weighted by molar-refractivity contribution is -0.137. The number of nitrogens with zero attached hydrogens (tertiary/aromatic N) is 2. The smallest absolute Gasteiger partial charge is 0.417 e. The van der Waals surface area contributed by atoms with Crippen LogP contribution in [0.1, 0.15) is 35.3 Å². The van der Waals surface area contributed by atoms with Gasteiger partial charge in [0.25, 0.3) is 5.91 Å². The van der Waals surface area contributed by atoms with Crippen molar-refractivity contribution in [3.05, 3.63) is 71.9 Å². The van der Waals surface area contributed by atoms with Gasteiger partial charge in [0.15, 0.2) is 0 Å². The molecule has 1 aromatic carbocycles. The second kappa shape index (κ2) is 9.36. The zero-order chi connectivity index (χ0) is 21.6. The van der Waals surface area contributed by atoms with E-state index in [1.807, 2.05) is 6.92 Å². The summed E-state index contributed by atoms with van der Waals surface area (Å²) in [5.74, 6) is -0.228. The number of benzene rings is 1. The first-order valence-corrected chi connectivity index (χ1v) is 8.96. The fraction of sp³-hybridized carbons (Fsp3) is 0.286. The van der Waals surface area contributed by atoms with Crippen LogP contribution in [0, 0.1) is 5.41 Å². The molecular formula is C21H22F3N3O2. The highest BCUT2D eigenvalue weighted by Gasteiger charge is 2.31. The first-order chi connectivity index (χ1) is 13.7. The Bertz CT molecular complexity index is 879. The Hall–Kier alpha value is -3.16. The third kappa shape index (κ3) is 5.43. The average Bonchev–Trinajstić information content (AvgIpc) is 2.71. The molecular weight excluding hydrogens is 383 g/mol. The van der Waals surface area contributed by atoms with Gasteiger partial charge in [-0.15, -0.1) is 0 Å². The van der Waals surface area contributed by atoms with Gasteiger partial charge in [0.2, 0.25) is 5.88 Å². The number of alkyl halides is 3. The van der Waals surface area contributed by atoms with Crippen LogP contribution in [0.4, 0.5) is 13.2 Å². The zero-order valence-corrected chi connectivity index (χ0v) is 16.2. The molecule has 0 fully saturated rings. The molecule has 29 heavy (non-hydrogen) atoms. The molecule has 1 heterocycles. The summed E-state index contributed by atoms with van der Waals surface area (Å²) in [5.41, 5.74) is 0.134. The Morgan fingerprint density at radius 2 is 1.93 bits per heavy atom. The highest BCUT2D eigenvalue weighted by atomic mass is 19.4. The van der Waals surface area contributed by atoms with Gasteiger partial charge in [-0.2, -0.15) is 13.2 Å². The zero-order valence-electron chi connectivity index (χ0n) is 16.2. The number of nitrogens with one attached hydrogen (secondary N) is 1. The van der Waals surface area contributed by atoms with Crippen molar-refractivity contribution in [1.29, 1.82) is 5.41 Å². The van der Waals surface area contributed by atoms with Crippen LogP contribution in [0.3, 0.4) is 0 Å². The Labute approximate surface area is 167 Å². The number of carbonyl (C=O) groups excluding carboxylic acids is 1. The second-order valence-electron chi connectivity index (χ2n) is 6.30. The molecule has 8 heteroatoms. The highest BCUT2D eigenvalue weighted by Crippen LogP contribution is 2.29. The number of allylic oxidation sites excluding steroid dienone is 1. The maximum Gasteiger partial charge on any atom is 0.417 e. The topological polar surface area (TPSA) is 66.3 Å². The number of aromatic nitrogens is 1. The molecule has 5 nitrogen and oxygen atoms in total. The Morgan fingerprint density at radius 1 is 1.28 bits per heavy atom. The van der Waals surface area contributed by atoms with Crippen molar-refractivity contribution in [1.82, 2.24) is 9.88 Å². The molecule has 0 spiro atoms. The molecule has 1 aromatic heterocycles. The van der Waals surface area contributed by atoms with Gasteiger partial charge in [0.05, 0.1) is 17.3 Å². The number of halogens is 3. The maximum absolute atomic E-state index is 13.0. The van der Waals surface area contributed by atoms with Gasteiger partial charge < -0.3 is 15.0 Å². The normalized spacial score (nSPS) is 12.2. The minimum Gasteiger partial charge on any atom is -0.475 e. The molecule has 1 N–H and O–H groups in total. The molecule has 0 aliphatic carbocycles. The number of ether oxygens (including phenoxy) is 1. The van der Waals surface area contributed by atoms with Crippen molar-refractivity contribution < 1.29 is 22.7 Å². The molecule has 1 atom stereocenters. The summed E-state index contributed by atoms with van der Waals surface area (Å²) < 4.78 is 43.3. The van der Waals surface area contributed by atoms with E-state index < -0.39 is 11.7 Å². The standard InChI is InChI=1S/C21H22F3N3O2/c1-4-18(25)16-8-6-7-9-17(16)20(28)27(5-2)14(3)13-29-19-11-10-15(12-26-19)21(22,23)24/h4,6-12,14,25H,1,5,13H2,2-3H3/t14-/m0/s1. The summed E-state index contributed by atoms with van der Waals surface area (Å²) in [6, 6.07) is 8.45. The summed E-state index contributed by atoms with van der Waals surface area (Å²) >= 11 is 0. The number of hydrogen-bond donors (Lipinski definition) is 1. The first kappa shape index (κ1) is 22.1. The van der Waals surface area contributed by atoms with Crippen molar-refractivity contribution in [2.45, 2.75) is 26.1 Å².